The van der Waals surface area contributed by atoms with Crippen LogP contribution in [0, 0.1) is 11.5 Å². The molecule has 0 radical (unpaired) electrons. The third-order valence-corrected chi connectivity index (χ3v) is 0.818. The fraction of sp³-hybridized carbons (Fsp3) is 0.250. The van der Waals surface area contributed by atoms with Crippen molar-refractivity contribution in [3.63, 3.8) is 0 Å². The minimum atomic E-state index is -0.468. The first-order valence-electron chi connectivity index (χ1n) is 2.09. The number of amides is 1. The minimum Gasteiger partial charge on any atom is -0.375 e. The van der Waals surface area contributed by atoms with Crippen molar-refractivity contribution in [2.45, 2.75) is 6.92 Å². The maximum atomic E-state index is 10.4. The first kappa shape index (κ1) is 7.85. The first-order valence-corrected chi connectivity index (χ1v) is 2.50. The van der Waals surface area contributed by atoms with Crippen molar-refractivity contribution in [3.05, 3.63) is 0 Å². The van der Waals surface area contributed by atoms with Crippen LogP contribution in [0.3, 0.4) is 0 Å². The van der Waals surface area contributed by atoms with Crippen LogP contribution >= 0.6 is 12.2 Å². The summed E-state index contributed by atoms with van der Waals surface area (Å²) in [6, 6.07) is 0. The molecular formula is C4H5N3OS. The van der Waals surface area contributed by atoms with Crippen LogP contribution in [0.1, 0.15) is 6.92 Å². The number of nitrogens with two attached hydrogens (primary N) is 1. The van der Waals surface area contributed by atoms with Crippen molar-refractivity contribution < 1.29 is 4.79 Å². The van der Waals surface area contributed by atoms with Gasteiger partial charge in [-0.25, -0.2) is 0 Å². The lowest BCUT2D eigenvalue weighted by atomic mass is 10.6. The Hall–Kier alpha value is -1.15. The SMILES string of the molecule is CC(=O)N(C#N)C(N)=S. The Morgan fingerprint density at radius 3 is 2.33 bits per heavy atom. The monoisotopic (exact) mass is 143 g/mol. The van der Waals surface area contributed by atoms with Gasteiger partial charge in [-0.1, -0.05) is 0 Å². The smallest absolute Gasteiger partial charge is 0.239 e. The zero-order valence-electron chi connectivity index (χ0n) is 4.79. The molecule has 0 saturated carbocycles. The molecule has 0 fully saturated rings. The summed E-state index contributed by atoms with van der Waals surface area (Å²) in [5.74, 6) is -0.468. The molecule has 0 aliphatic carbocycles. The second kappa shape index (κ2) is 2.99. The van der Waals surface area contributed by atoms with Gasteiger partial charge in [-0.15, -0.1) is 0 Å². The number of hydrogen-bond donors (Lipinski definition) is 1. The maximum absolute atomic E-state index is 10.4. The number of rotatable bonds is 0. The zero-order valence-corrected chi connectivity index (χ0v) is 5.60. The number of carbonyl (C=O) groups is 1. The molecule has 1 amide bonds. The Labute approximate surface area is 57.8 Å². The van der Waals surface area contributed by atoms with Crippen LogP contribution in [0.4, 0.5) is 0 Å². The summed E-state index contributed by atoms with van der Waals surface area (Å²) in [5.41, 5.74) is 4.96. The summed E-state index contributed by atoms with van der Waals surface area (Å²) < 4.78 is 0. The van der Waals surface area contributed by atoms with Gasteiger partial charge < -0.3 is 5.73 Å². The molecule has 0 aliphatic heterocycles. The maximum Gasteiger partial charge on any atom is 0.239 e. The molecule has 9 heavy (non-hydrogen) atoms. The van der Waals surface area contributed by atoms with E-state index in [4.69, 9.17) is 11.0 Å². The average molecular weight is 143 g/mol. The summed E-state index contributed by atoms with van der Waals surface area (Å²) in [6.07, 6.45) is 1.52. The predicted octanol–water partition coefficient (Wildman–Crippen LogP) is -0.440. The third-order valence-electron chi connectivity index (χ3n) is 0.635. The van der Waals surface area contributed by atoms with E-state index in [1.54, 1.807) is 0 Å². The lowest BCUT2D eigenvalue weighted by Gasteiger charge is -2.05. The molecule has 0 spiro atoms. The highest BCUT2D eigenvalue weighted by Crippen LogP contribution is 1.83. The fourth-order valence-corrected chi connectivity index (χ4v) is 0.444. The molecule has 0 aliphatic rings. The van der Waals surface area contributed by atoms with Crippen LogP contribution in [0.15, 0.2) is 0 Å². The molecule has 0 heterocycles. The van der Waals surface area contributed by atoms with Gasteiger partial charge in [-0.05, 0) is 12.2 Å². The van der Waals surface area contributed by atoms with E-state index < -0.39 is 5.91 Å². The Balaban J connectivity index is 4.22. The lowest BCUT2D eigenvalue weighted by Crippen LogP contribution is -2.34. The fourth-order valence-electron chi connectivity index (χ4n) is 0.275. The second-order valence-corrected chi connectivity index (χ2v) is 1.71. The first-order chi connectivity index (χ1) is 4.09. The van der Waals surface area contributed by atoms with E-state index in [1.807, 2.05) is 0 Å². The van der Waals surface area contributed by atoms with Crippen LogP contribution in [-0.4, -0.2) is 15.9 Å². The Morgan fingerprint density at radius 1 is 1.89 bits per heavy atom. The third kappa shape index (κ3) is 2.06. The van der Waals surface area contributed by atoms with Gasteiger partial charge >= 0.3 is 0 Å². The number of thiocarbonyl (C=S) groups is 1. The summed E-state index contributed by atoms with van der Waals surface area (Å²) in [5, 5.41) is 7.94. The molecule has 0 aromatic rings. The van der Waals surface area contributed by atoms with Crippen molar-refractivity contribution in [2.24, 2.45) is 5.73 Å². The normalized spacial score (nSPS) is 7.56. The standard InChI is InChI=1S/C4H5N3OS/c1-3(8)7(2-5)4(6)9/h1H3,(H2,6,9). The Kier molecular flexibility index (Phi) is 2.61. The van der Waals surface area contributed by atoms with Gasteiger partial charge in [-0.3, -0.25) is 4.79 Å². The summed E-state index contributed by atoms with van der Waals surface area (Å²) in [6.45, 7) is 1.21. The van der Waals surface area contributed by atoms with Gasteiger partial charge in [0.15, 0.2) is 11.3 Å². The molecule has 0 saturated heterocycles. The molecule has 0 rings (SSSR count). The molecule has 4 nitrogen and oxygen atoms in total. The predicted molar refractivity (Wildman–Crippen MR) is 34.9 cm³/mol. The van der Waals surface area contributed by atoms with Gasteiger partial charge in [0.05, 0.1) is 0 Å². The molecule has 0 atom stereocenters. The molecule has 0 bridgehead atoms. The van der Waals surface area contributed by atoms with Crippen molar-refractivity contribution in [2.75, 3.05) is 0 Å². The number of nitrogens with zero attached hydrogens (tertiary/aromatic N) is 2. The summed E-state index contributed by atoms with van der Waals surface area (Å²) in [4.78, 5) is 11.0. The van der Waals surface area contributed by atoms with Gasteiger partial charge in [0.25, 0.3) is 0 Å². The largest absolute Gasteiger partial charge is 0.375 e. The van der Waals surface area contributed by atoms with Crippen molar-refractivity contribution in [1.82, 2.24) is 4.90 Å². The highest BCUT2D eigenvalue weighted by Gasteiger charge is 2.08. The zero-order chi connectivity index (χ0) is 7.44. The van der Waals surface area contributed by atoms with E-state index in [9.17, 15) is 4.79 Å². The Morgan fingerprint density at radius 2 is 2.33 bits per heavy atom. The van der Waals surface area contributed by atoms with Crippen LogP contribution in [-0.2, 0) is 4.79 Å². The molecule has 5 heteroatoms. The second-order valence-electron chi connectivity index (χ2n) is 1.29. The van der Waals surface area contributed by atoms with Gasteiger partial charge in [0.2, 0.25) is 5.91 Å². The number of carbonyl (C=O) groups excluding carboxylic acids is 1. The van der Waals surface area contributed by atoms with E-state index in [2.05, 4.69) is 12.2 Å². The summed E-state index contributed by atoms with van der Waals surface area (Å²) >= 11 is 4.35. The van der Waals surface area contributed by atoms with Crippen molar-refractivity contribution in [1.29, 1.82) is 5.26 Å². The van der Waals surface area contributed by atoms with Crippen molar-refractivity contribution in [3.8, 4) is 6.19 Å². The van der Waals surface area contributed by atoms with Crippen LogP contribution in [0.25, 0.3) is 0 Å². The number of hydrogen-bond acceptors (Lipinski definition) is 3. The van der Waals surface area contributed by atoms with Gasteiger partial charge in [0, 0.05) is 6.92 Å². The molecule has 2 N–H and O–H groups in total. The molecule has 0 aromatic heterocycles. The molecule has 0 aromatic carbocycles. The van der Waals surface area contributed by atoms with E-state index in [-0.39, 0.29) is 5.11 Å². The van der Waals surface area contributed by atoms with Crippen LogP contribution in [0.2, 0.25) is 0 Å². The summed E-state index contributed by atoms with van der Waals surface area (Å²) in [7, 11) is 0. The van der Waals surface area contributed by atoms with E-state index in [1.165, 1.54) is 13.1 Å². The lowest BCUT2D eigenvalue weighted by molar-refractivity contribution is -0.122. The van der Waals surface area contributed by atoms with Crippen molar-refractivity contribution >= 4 is 23.2 Å². The van der Waals surface area contributed by atoms with Gasteiger partial charge in [0.1, 0.15) is 0 Å². The average Bonchev–Trinajstić information content (AvgIpc) is 1.64. The van der Waals surface area contributed by atoms with Crippen LogP contribution < -0.4 is 5.73 Å². The molecule has 0 unspecified atom stereocenters. The highest BCUT2D eigenvalue weighted by atomic mass is 32.1. The quantitative estimate of drug-likeness (QED) is 0.283. The molecule has 48 valence electrons. The molecular weight excluding hydrogens is 138 g/mol. The van der Waals surface area contributed by atoms with E-state index >= 15 is 0 Å². The highest BCUT2D eigenvalue weighted by molar-refractivity contribution is 7.80. The van der Waals surface area contributed by atoms with Crippen LogP contribution in [0.5, 0.6) is 0 Å². The topological polar surface area (TPSA) is 70.1 Å². The van der Waals surface area contributed by atoms with E-state index in [0.29, 0.717) is 4.90 Å². The van der Waals surface area contributed by atoms with Gasteiger partial charge in [-0.2, -0.15) is 10.2 Å². The Bertz CT molecular complexity index is 169. The minimum absolute atomic E-state index is 0.218. The van der Waals surface area contributed by atoms with E-state index in [0.717, 1.165) is 0 Å². The number of nitriles is 1.